The van der Waals surface area contributed by atoms with Gasteiger partial charge in [-0.1, -0.05) is 30.8 Å². The molecule has 0 heterocycles. The highest BCUT2D eigenvalue weighted by molar-refractivity contribution is 5.50. The van der Waals surface area contributed by atoms with Crippen molar-refractivity contribution in [2.24, 2.45) is 5.92 Å². The minimum atomic E-state index is -0.458. The van der Waals surface area contributed by atoms with Crippen LogP contribution in [-0.4, -0.2) is 11.5 Å². The van der Waals surface area contributed by atoms with E-state index in [1.54, 1.807) is 0 Å². The Bertz CT molecular complexity index is 414. The number of rotatable bonds is 3. The van der Waals surface area contributed by atoms with Crippen LogP contribution in [-0.2, 0) is 11.2 Å². The number of benzene rings is 1. The van der Waals surface area contributed by atoms with Gasteiger partial charge >= 0.3 is 0 Å². The van der Waals surface area contributed by atoms with Crippen LogP contribution in [0.1, 0.15) is 23.7 Å². The zero-order valence-corrected chi connectivity index (χ0v) is 9.02. The summed E-state index contributed by atoms with van der Waals surface area (Å²) in [6.45, 7) is 3.82. The molecular formula is C13H15NO2. The van der Waals surface area contributed by atoms with Crippen LogP contribution in [0.5, 0.6) is 0 Å². The topological polar surface area (TPSA) is 49.3 Å². The molecule has 1 aliphatic carbocycles. The Balaban J connectivity index is 2.20. The zero-order chi connectivity index (χ0) is 11.5. The Morgan fingerprint density at radius 1 is 1.50 bits per heavy atom. The zero-order valence-electron chi connectivity index (χ0n) is 9.02. The number of carbonyl (C=O) groups is 1. The Morgan fingerprint density at radius 3 is 3.00 bits per heavy atom. The summed E-state index contributed by atoms with van der Waals surface area (Å²) in [5.41, 5.74) is 2.82. The molecular weight excluding hydrogens is 202 g/mol. The van der Waals surface area contributed by atoms with Gasteiger partial charge in [-0.2, -0.15) is 0 Å². The van der Waals surface area contributed by atoms with E-state index in [9.17, 15) is 9.90 Å². The first kappa shape index (κ1) is 10.9. The van der Waals surface area contributed by atoms with Crippen molar-refractivity contribution in [3.63, 3.8) is 0 Å². The summed E-state index contributed by atoms with van der Waals surface area (Å²) < 4.78 is 0. The van der Waals surface area contributed by atoms with Crippen molar-refractivity contribution in [3.05, 3.63) is 47.7 Å². The third-order valence-corrected chi connectivity index (χ3v) is 3.13. The minimum absolute atomic E-state index is 0.120. The van der Waals surface area contributed by atoms with E-state index in [4.69, 9.17) is 0 Å². The predicted molar refractivity (Wildman–Crippen MR) is 61.6 cm³/mol. The van der Waals surface area contributed by atoms with Crippen molar-refractivity contribution in [1.29, 1.82) is 0 Å². The normalized spacial score (nSPS) is 23.3. The van der Waals surface area contributed by atoms with Crippen LogP contribution in [0.25, 0.3) is 0 Å². The molecule has 2 unspecified atom stereocenters. The SMILES string of the molecule is C=C(NC=O)C1Cc2ccccc2C(O)C1. The second-order valence-electron chi connectivity index (χ2n) is 4.14. The fourth-order valence-electron chi connectivity index (χ4n) is 2.25. The molecule has 2 atom stereocenters. The lowest BCUT2D eigenvalue weighted by Crippen LogP contribution is -2.25. The molecule has 1 aromatic carbocycles. The minimum Gasteiger partial charge on any atom is -0.388 e. The van der Waals surface area contributed by atoms with E-state index in [0.29, 0.717) is 18.5 Å². The van der Waals surface area contributed by atoms with Crippen LogP contribution in [0.3, 0.4) is 0 Å². The molecule has 2 rings (SSSR count). The molecule has 3 heteroatoms. The molecule has 0 aliphatic heterocycles. The molecule has 0 fully saturated rings. The Labute approximate surface area is 94.8 Å². The van der Waals surface area contributed by atoms with Gasteiger partial charge in [0.05, 0.1) is 6.10 Å². The van der Waals surface area contributed by atoms with Crippen molar-refractivity contribution in [1.82, 2.24) is 5.32 Å². The lowest BCUT2D eigenvalue weighted by molar-refractivity contribution is -0.109. The number of nitrogens with one attached hydrogen (secondary N) is 1. The maximum absolute atomic E-state index is 10.4. The van der Waals surface area contributed by atoms with Gasteiger partial charge < -0.3 is 10.4 Å². The summed E-state index contributed by atoms with van der Waals surface area (Å²) in [5.74, 6) is 0.120. The van der Waals surface area contributed by atoms with Gasteiger partial charge in [-0.05, 0) is 24.0 Å². The molecule has 1 aliphatic rings. The summed E-state index contributed by atoms with van der Waals surface area (Å²) in [4.78, 5) is 10.4. The Morgan fingerprint density at radius 2 is 2.25 bits per heavy atom. The maximum atomic E-state index is 10.4. The smallest absolute Gasteiger partial charge is 0.211 e. The van der Waals surface area contributed by atoms with E-state index >= 15 is 0 Å². The van der Waals surface area contributed by atoms with Crippen LogP contribution in [0, 0.1) is 5.92 Å². The molecule has 0 saturated heterocycles. The molecule has 2 N–H and O–H groups in total. The first-order valence-corrected chi connectivity index (χ1v) is 5.37. The third kappa shape index (κ3) is 1.99. The van der Waals surface area contributed by atoms with Gasteiger partial charge in [-0.25, -0.2) is 0 Å². The van der Waals surface area contributed by atoms with E-state index in [1.807, 2.05) is 24.3 Å². The Kier molecular flexibility index (Phi) is 3.06. The molecule has 0 saturated carbocycles. The van der Waals surface area contributed by atoms with E-state index in [2.05, 4.69) is 11.9 Å². The van der Waals surface area contributed by atoms with Crippen molar-refractivity contribution < 1.29 is 9.90 Å². The van der Waals surface area contributed by atoms with E-state index in [-0.39, 0.29) is 5.92 Å². The summed E-state index contributed by atoms with van der Waals surface area (Å²) in [7, 11) is 0. The molecule has 1 aromatic rings. The van der Waals surface area contributed by atoms with Crippen LogP contribution >= 0.6 is 0 Å². The number of hydrogen-bond donors (Lipinski definition) is 2. The number of carbonyl (C=O) groups excluding carboxylic acids is 1. The van der Waals surface area contributed by atoms with Crippen LogP contribution in [0.2, 0.25) is 0 Å². The highest BCUT2D eigenvalue weighted by atomic mass is 16.3. The van der Waals surface area contributed by atoms with Gasteiger partial charge in [0.1, 0.15) is 0 Å². The average molecular weight is 217 g/mol. The van der Waals surface area contributed by atoms with Crippen molar-refractivity contribution in [3.8, 4) is 0 Å². The number of allylic oxidation sites excluding steroid dienone is 1. The monoisotopic (exact) mass is 217 g/mol. The van der Waals surface area contributed by atoms with Crippen molar-refractivity contribution >= 4 is 6.41 Å². The molecule has 0 aromatic heterocycles. The lowest BCUT2D eigenvalue weighted by atomic mass is 9.81. The van der Waals surface area contributed by atoms with Gasteiger partial charge in [-0.3, -0.25) is 4.79 Å². The van der Waals surface area contributed by atoms with Gasteiger partial charge in [0.15, 0.2) is 0 Å². The van der Waals surface area contributed by atoms with Crippen LogP contribution in [0.15, 0.2) is 36.5 Å². The number of hydrogen-bond acceptors (Lipinski definition) is 2. The molecule has 84 valence electrons. The number of aliphatic hydroxyl groups excluding tert-OH is 1. The summed E-state index contributed by atoms with van der Waals surface area (Å²) in [6, 6.07) is 7.86. The quantitative estimate of drug-likeness (QED) is 0.754. The average Bonchev–Trinajstić information content (AvgIpc) is 2.29. The second kappa shape index (κ2) is 4.49. The molecule has 0 radical (unpaired) electrons. The summed E-state index contributed by atoms with van der Waals surface area (Å²) in [5, 5.41) is 12.6. The highest BCUT2D eigenvalue weighted by Crippen LogP contribution is 2.35. The standard InChI is InChI=1S/C13H15NO2/c1-9(14-8-15)11-6-10-4-2-3-5-12(10)13(16)7-11/h2-5,8,11,13,16H,1,6-7H2,(H,14,15). The van der Waals surface area contributed by atoms with Crippen molar-refractivity contribution in [2.45, 2.75) is 18.9 Å². The summed E-state index contributed by atoms with van der Waals surface area (Å²) >= 11 is 0. The first-order valence-electron chi connectivity index (χ1n) is 5.37. The van der Waals surface area contributed by atoms with E-state index in [1.165, 1.54) is 0 Å². The van der Waals surface area contributed by atoms with Gasteiger partial charge in [0.25, 0.3) is 0 Å². The highest BCUT2D eigenvalue weighted by Gasteiger charge is 2.26. The fraction of sp³-hybridized carbons (Fsp3) is 0.308. The van der Waals surface area contributed by atoms with Crippen LogP contribution in [0.4, 0.5) is 0 Å². The Hall–Kier alpha value is -1.61. The maximum Gasteiger partial charge on any atom is 0.211 e. The van der Waals surface area contributed by atoms with Gasteiger partial charge in [-0.15, -0.1) is 0 Å². The summed E-state index contributed by atoms with van der Waals surface area (Å²) in [6.07, 6.45) is 1.62. The molecule has 0 spiro atoms. The first-order chi connectivity index (χ1) is 7.72. The van der Waals surface area contributed by atoms with E-state index in [0.717, 1.165) is 17.5 Å². The number of fused-ring (bicyclic) bond motifs is 1. The molecule has 16 heavy (non-hydrogen) atoms. The lowest BCUT2D eigenvalue weighted by Gasteiger charge is -2.29. The number of aliphatic hydroxyl groups is 1. The fourth-order valence-corrected chi connectivity index (χ4v) is 2.25. The largest absolute Gasteiger partial charge is 0.388 e. The van der Waals surface area contributed by atoms with Crippen molar-refractivity contribution in [2.75, 3.05) is 0 Å². The third-order valence-electron chi connectivity index (χ3n) is 3.13. The molecule has 3 nitrogen and oxygen atoms in total. The van der Waals surface area contributed by atoms with Gasteiger partial charge in [0, 0.05) is 11.6 Å². The number of amides is 1. The van der Waals surface area contributed by atoms with Crippen LogP contribution < -0.4 is 5.32 Å². The molecule has 0 bridgehead atoms. The van der Waals surface area contributed by atoms with Gasteiger partial charge in [0.2, 0.25) is 6.41 Å². The second-order valence-corrected chi connectivity index (χ2v) is 4.14. The molecule has 1 amide bonds. The predicted octanol–water partition coefficient (Wildman–Crippen LogP) is 1.54. The van der Waals surface area contributed by atoms with E-state index < -0.39 is 6.10 Å².